The number of para-hydroxylation sites is 3. The molecule has 0 fully saturated rings. The second-order valence-corrected chi connectivity index (χ2v) is 14.8. The Morgan fingerprint density at radius 1 is 0.453 bits per heavy atom. The minimum absolute atomic E-state index is 0.0879. The standard InChI is InChI=1S/C50H34N2O/c1-50(2)42-23-9-6-18-35(42)40-30-47-41(29-43(40)50)36-19-7-10-24-46(36)52(47)34-27-44(33-17-12-16-32(26-33)31-14-4-3-5-15-31)51-45(28-34)39-22-13-21-38-37-20-8-11-25-48(37)53-49(38)39/h3-30H,1-2H3. The van der Waals surface area contributed by atoms with Gasteiger partial charge in [0.05, 0.1) is 28.1 Å². The topological polar surface area (TPSA) is 31.0 Å². The normalized spacial score (nSPS) is 13.2. The molecule has 10 aromatic rings. The van der Waals surface area contributed by atoms with Crippen molar-refractivity contribution in [3.63, 3.8) is 0 Å². The van der Waals surface area contributed by atoms with Gasteiger partial charge in [-0.3, -0.25) is 0 Å². The van der Waals surface area contributed by atoms with Crippen molar-refractivity contribution in [2.45, 2.75) is 19.3 Å². The summed E-state index contributed by atoms with van der Waals surface area (Å²) in [5, 5.41) is 4.69. The van der Waals surface area contributed by atoms with E-state index in [1.165, 1.54) is 49.6 Å². The lowest BCUT2D eigenvalue weighted by Crippen LogP contribution is -2.14. The van der Waals surface area contributed by atoms with Crippen LogP contribution in [0.1, 0.15) is 25.0 Å². The first-order chi connectivity index (χ1) is 26.0. The Kier molecular flexibility index (Phi) is 6.30. The van der Waals surface area contributed by atoms with E-state index in [4.69, 9.17) is 9.40 Å². The molecule has 0 bridgehead atoms. The van der Waals surface area contributed by atoms with Crippen LogP contribution in [0.25, 0.3) is 94.2 Å². The highest BCUT2D eigenvalue weighted by atomic mass is 16.3. The van der Waals surface area contributed by atoms with Crippen molar-refractivity contribution in [3.05, 3.63) is 181 Å². The Morgan fingerprint density at radius 2 is 1.13 bits per heavy atom. The quantitative estimate of drug-likeness (QED) is 0.185. The second kappa shape index (κ2) is 11.1. The van der Waals surface area contributed by atoms with E-state index in [1.807, 2.05) is 12.1 Å². The summed E-state index contributed by atoms with van der Waals surface area (Å²) in [4.78, 5) is 5.43. The van der Waals surface area contributed by atoms with Crippen LogP contribution in [-0.2, 0) is 5.41 Å². The van der Waals surface area contributed by atoms with E-state index >= 15 is 0 Å². The zero-order valence-corrected chi connectivity index (χ0v) is 29.5. The number of benzene rings is 7. The van der Waals surface area contributed by atoms with Crippen molar-refractivity contribution in [1.29, 1.82) is 0 Å². The molecule has 3 heterocycles. The zero-order chi connectivity index (χ0) is 35.3. The molecule has 0 saturated carbocycles. The summed E-state index contributed by atoms with van der Waals surface area (Å²) in [5.74, 6) is 0. The molecule has 1 aliphatic carbocycles. The molecule has 0 unspecified atom stereocenters. The van der Waals surface area contributed by atoms with Crippen molar-refractivity contribution < 1.29 is 4.42 Å². The molecule has 0 amide bonds. The second-order valence-electron chi connectivity index (χ2n) is 14.8. The summed E-state index contributed by atoms with van der Waals surface area (Å²) in [5.41, 5.74) is 16.6. The molecule has 11 rings (SSSR count). The number of furan rings is 1. The van der Waals surface area contributed by atoms with Crippen LogP contribution < -0.4 is 0 Å². The lowest BCUT2D eigenvalue weighted by Gasteiger charge is -2.21. The van der Waals surface area contributed by atoms with Crippen LogP contribution in [-0.4, -0.2) is 9.55 Å². The van der Waals surface area contributed by atoms with Gasteiger partial charge in [-0.05, 0) is 81.9 Å². The van der Waals surface area contributed by atoms with Gasteiger partial charge in [0, 0.05) is 38.1 Å². The number of fused-ring (bicyclic) bond motifs is 9. The van der Waals surface area contributed by atoms with Crippen molar-refractivity contribution >= 4 is 43.7 Å². The summed E-state index contributed by atoms with van der Waals surface area (Å²) >= 11 is 0. The first kappa shape index (κ1) is 30.0. The highest BCUT2D eigenvalue weighted by Gasteiger charge is 2.36. The fraction of sp³-hybridized carbons (Fsp3) is 0.0600. The lowest BCUT2D eigenvalue weighted by atomic mass is 9.82. The fourth-order valence-corrected chi connectivity index (χ4v) is 8.81. The molecule has 7 aromatic carbocycles. The van der Waals surface area contributed by atoms with Crippen LogP contribution in [0, 0.1) is 0 Å². The van der Waals surface area contributed by atoms with E-state index in [0.29, 0.717) is 0 Å². The van der Waals surface area contributed by atoms with Crippen LogP contribution in [0.15, 0.2) is 174 Å². The lowest BCUT2D eigenvalue weighted by molar-refractivity contribution is 0.661. The van der Waals surface area contributed by atoms with Crippen molar-refractivity contribution in [1.82, 2.24) is 9.55 Å². The van der Waals surface area contributed by atoms with Gasteiger partial charge in [0.15, 0.2) is 0 Å². The number of nitrogens with zero attached hydrogens (tertiary/aromatic N) is 2. The zero-order valence-electron chi connectivity index (χ0n) is 29.5. The van der Waals surface area contributed by atoms with Gasteiger partial charge in [-0.1, -0.05) is 135 Å². The van der Waals surface area contributed by atoms with E-state index in [0.717, 1.165) is 55.7 Å². The Labute approximate surface area is 307 Å². The van der Waals surface area contributed by atoms with E-state index in [9.17, 15) is 0 Å². The van der Waals surface area contributed by atoms with Gasteiger partial charge in [0.1, 0.15) is 11.2 Å². The summed E-state index contributed by atoms with van der Waals surface area (Å²) in [6.45, 7) is 4.71. The maximum absolute atomic E-state index is 6.59. The Hall–Kier alpha value is -6.71. The predicted molar refractivity (Wildman–Crippen MR) is 220 cm³/mol. The van der Waals surface area contributed by atoms with Gasteiger partial charge in [-0.15, -0.1) is 0 Å². The molecule has 0 N–H and O–H groups in total. The molecule has 0 atom stereocenters. The molecule has 0 saturated heterocycles. The summed E-state index contributed by atoms with van der Waals surface area (Å²) < 4.78 is 9.03. The molecule has 0 radical (unpaired) electrons. The third kappa shape index (κ3) is 4.44. The van der Waals surface area contributed by atoms with Gasteiger partial charge in [-0.2, -0.15) is 0 Å². The van der Waals surface area contributed by atoms with Gasteiger partial charge in [0.25, 0.3) is 0 Å². The Balaban J connectivity index is 1.21. The van der Waals surface area contributed by atoms with Crippen LogP contribution in [0.2, 0.25) is 0 Å². The molecule has 1 aliphatic rings. The SMILES string of the molecule is CC1(C)c2ccccc2-c2cc3c(cc21)c1ccccc1n3-c1cc(-c2cccc(-c3ccccc3)c2)nc(-c2cccc3c2oc2ccccc23)c1. The highest BCUT2D eigenvalue weighted by Crippen LogP contribution is 2.51. The van der Waals surface area contributed by atoms with E-state index in [2.05, 4.69) is 176 Å². The van der Waals surface area contributed by atoms with Crippen molar-refractivity contribution in [3.8, 4) is 50.5 Å². The third-order valence-electron chi connectivity index (χ3n) is 11.4. The first-order valence-corrected chi connectivity index (χ1v) is 18.3. The Bertz CT molecular complexity index is 3090. The Morgan fingerprint density at radius 3 is 2.04 bits per heavy atom. The molecular weight excluding hydrogens is 645 g/mol. The molecule has 0 aliphatic heterocycles. The first-order valence-electron chi connectivity index (χ1n) is 18.3. The third-order valence-corrected chi connectivity index (χ3v) is 11.4. The number of aromatic nitrogens is 2. The summed E-state index contributed by atoms with van der Waals surface area (Å²) in [6, 6.07) is 61.0. The number of hydrogen-bond donors (Lipinski definition) is 0. The highest BCUT2D eigenvalue weighted by molar-refractivity contribution is 6.12. The molecule has 3 nitrogen and oxygen atoms in total. The smallest absolute Gasteiger partial charge is 0.144 e. The molecular formula is C50H34N2O. The van der Waals surface area contributed by atoms with Crippen LogP contribution in [0.3, 0.4) is 0 Å². The van der Waals surface area contributed by atoms with E-state index in [-0.39, 0.29) is 5.41 Å². The van der Waals surface area contributed by atoms with Gasteiger partial charge >= 0.3 is 0 Å². The van der Waals surface area contributed by atoms with Crippen LogP contribution >= 0.6 is 0 Å². The molecule has 250 valence electrons. The van der Waals surface area contributed by atoms with Crippen molar-refractivity contribution in [2.24, 2.45) is 0 Å². The van der Waals surface area contributed by atoms with Crippen LogP contribution in [0.4, 0.5) is 0 Å². The molecule has 3 heteroatoms. The van der Waals surface area contributed by atoms with Gasteiger partial charge < -0.3 is 8.98 Å². The van der Waals surface area contributed by atoms with Crippen molar-refractivity contribution in [2.75, 3.05) is 0 Å². The minimum atomic E-state index is -0.0879. The van der Waals surface area contributed by atoms with E-state index < -0.39 is 0 Å². The number of pyridine rings is 1. The maximum atomic E-state index is 6.59. The van der Waals surface area contributed by atoms with Gasteiger partial charge in [0.2, 0.25) is 0 Å². The largest absolute Gasteiger partial charge is 0.455 e. The number of hydrogen-bond acceptors (Lipinski definition) is 2. The summed E-state index contributed by atoms with van der Waals surface area (Å²) in [7, 11) is 0. The monoisotopic (exact) mass is 678 g/mol. The fourth-order valence-electron chi connectivity index (χ4n) is 8.81. The molecule has 0 spiro atoms. The summed E-state index contributed by atoms with van der Waals surface area (Å²) in [6.07, 6.45) is 0. The molecule has 53 heavy (non-hydrogen) atoms. The van der Waals surface area contributed by atoms with Gasteiger partial charge in [-0.25, -0.2) is 4.98 Å². The minimum Gasteiger partial charge on any atom is -0.455 e. The predicted octanol–water partition coefficient (Wildman–Crippen LogP) is 13.4. The molecule has 3 aromatic heterocycles. The average Bonchev–Trinajstić information content (AvgIpc) is 3.83. The van der Waals surface area contributed by atoms with E-state index in [1.54, 1.807) is 0 Å². The van der Waals surface area contributed by atoms with Crippen LogP contribution in [0.5, 0.6) is 0 Å². The maximum Gasteiger partial charge on any atom is 0.144 e. The number of rotatable bonds is 4. The average molecular weight is 679 g/mol.